The van der Waals surface area contributed by atoms with Gasteiger partial charge in [0.15, 0.2) is 0 Å². The van der Waals surface area contributed by atoms with Crippen LogP contribution >= 0.6 is 11.8 Å². The lowest BCUT2D eigenvalue weighted by Gasteiger charge is -2.24. The number of aryl methyl sites for hydroxylation is 1. The quantitative estimate of drug-likeness (QED) is 0.871. The van der Waals surface area contributed by atoms with Gasteiger partial charge in [-0.3, -0.25) is 4.79 Å². The van der Waals surface area contributed by atoms with Gasteiger partial charge in [-0.05, 0) is 36.8 Å². The smallest absolute Gasteiger partial charge is 0.254 e. The van der Waals surface area contributed by atoms with Gasteiger partial charge in [0.1, 0.15) is 0 Å². The van der Waals surface area contributed by atoms with Crippen LogP contribution in [0.5, 0.6) is 0 Å². The Kier molecular flexibility index (Phi) is 5.72. The van der Waals surface area contributed by atoms with Crippen LogP contribution in [0.1, 0.15) is 34.3 Å². The van der Waals surface area contributed by atoms with E-state index in [0.717, 1.165) is 34.6 Å². The molecule has 1 amide bonds. The zero-order valence-corrected chi connectivity index (χ0v) is 13.4. The lowest BCUT2D eigenvalue weighted by Crippen LogP contribution is -2.37. The average Bonchev–Trinajstić information content (AvgIpc) is 3.02. The minimum Gasteiger partial charge on any atom is -0.395 e. The summed E-state index contributed by atoms with van der Waals surface area (Å²) in [6.07, 6.45) is 1.53. The zero-order chi connectivity index (χ0) is 15.2. The Balaban J connectivity index is 2.19. The van der Waals surface area contributed by atoms with E-state index < -0.39 is 0 Å². The highest BCUT2D eigenvalue weighted by Gasteiger charge is 2.25. The van der Waals surface area contributed by atoms with E-state index in [9.17, 15) is 4.79 Å². The molecule has 1 N–H and O–H groups in total. The van der Waals surface area contributed by atoms with Gasteiger partial charge in [-0.2, -0.15) is 11.8 Å². The Morgan fingerprint density at radius 1 is 1.52 bits per heavy atom. The van der Waals surface area contributed by atoms with Crippen molar-refractivity contribution in [3.8, 4) is 11.8 Å². The van der Waals surface area contributed by atoms with Gasteiger partial charge in [-0.1, -0.05) is 17.9 Å². The van der Waals surface area contributed by atoms with Crippen molar-refractivity contribution in [1.82, 2.24) is 4.90 Å². The molecular formula is C17H21NO2S. The highest BCUT2D eigenvalue weighted by Crippen LogP contribution is 2.23. The highest BCUT2D eigenvalue weighted by atomic mass is 32.2. The largest absolute Gasteiger partial charge is 0.395 e. The van der Waals surface area contributed by atoms with Crippen LogP contribution in [0.2, 0.25) is 0 Å². The Bertz CT molecular complexity index is 568. The molecule has 1 heterocycles. The van der Waals surface area contributed by atoms with E-state index in [1.165, 1.54) is 0 Å². The van der Waals surface area contributed by atoms with Crippen molar-refractivity contribution in [3.63, 3.8) is 0 Å². The molecule has 1 atom stereocenters. The normalized spacial score (nSPS) is 17.2. The fourth-order valence-corrected chi connectivity index (χ4v) is 3.60. The van der Waals surface area contributed by atoms with Gasteiger partial charge in [0.05, 0.1) is 6.61 Å². The lowest BCUT2D eigenvalue weighted by atomic mass is 10.0. The fraction of sp³-hybridized carbons (Fsp3) is 0.471. The number of thioether (sulfide) groups is 1. The van der Waals surface area contributed by atoms with E-state index in [1.807, 2.05) is 48.8 Å². The molecule has 2 rings (SSSR count). The van der Waals surface area contributed by atoms with E-state index in [1.54, 1.807) is 0 Å². The molecule has 112 valence electrons. The van der Waals surface area contributed by atoms with Gasteiger partial charge in [-0.15, -0.1) is 0 Å². The Labute approximate surface area is 130 Å². The van der Waals surface area contributed by atoms with Crippen molar-refractivity contribution >= 4 is 17.7 Å². The summed E-state index contributed by atoms with van der Waals surface area (Å²) in [6, 6.07) is 6.06. The zero-order valence-electron chi connectivity index (χ0n) is 12.6. The second kappa shape index (κ2) is 7.53. The summed E-state index contributed by atoms with van der Waals surface area (Å²) < 4.78 is 0. The van der Waals surface area contributed by atoms with E-state index in [2.05, 4.69) is 11.8 Å². The van der Waals surface area contributed by atoms with Crippen molar-refractivity contribution in [2.75, 3.05) is 25.2 Å². The summed E-state index contributed by atoms with van der Waals surface area (Å²) in [4.78, 5) is 14.5. The first kappa shape index (κ1) is 15.9. The predicted molar refractivity (Wildman–Crippen MR) is 87.6 cm³/mol. The molecule has 3 nitrogen and oxygen atoms in total. The minimum atomic E-state index is 0.0622. The monoisotopic (exact) mass is 303 g/mol. The van der Waals surface area contributed by atoms with Crippen LogP contribution in [0.15, 0.2) is 18.2 Å². The second-order valence-electron chi connectivity index (χ2n) is 5.24. The minimum absolute atomic E-state index is 0.0622. The Morgan fingerprint density at radius 3 is 3.00 bits per heavy atom. The van der Waals surface area contributed by atoms with Crippen LogP contribution < -0.4 is 0 Å². The summed E-state index contributed by atoms with van der Waals surface area (Å²) in [5, 5.41) is 8.76. The maximum Gasteiger partial charge on any atom is 0.254 e. The molecule has 1 aliphatic heterocycles. The van der Waals surface area contributed by atoms with E-state index in [0.29, 0.717) is 12.5 Å². The molecule has 21 heavy (non-hydrogen) atoms. The Morgan fingerprint density at radius 2 is 2.33 bits per heavy atom. The number of aliphatic hydroxyl groups is 1. The van der Waals surface area contributed by atoms with Gasteiger partial charge in [0.2, 0.25) is 0 Å². The van der Waals surface area contributed by atoms with Gasteiger partial charge < -0.3 is 10.0 Å². The number of amides is 1. The topological polar surface area (TPSA) is 40.5 Å². The lowest BCUT2D eigenvalue weighted by molar-refractivity contribution is 0.0747. The SMILES string of the molecule is Cc1ccc(C#CCCO)cc1C(=O)N(C)C1CCSC1. The molecule has 0 aliphatic carbocycles. The number of hydrogen-bond donors (Lipinski definition) is 1. The molecule has 1 aliphatic rings. The summed E-state index contributed by atoms with van der Waals surface area (Å²) in [7, 11) is 1.89. The maximum absolute atomic E-state index is 12.7. The second-order valence-corrected chi connectivity index (χ2v) is 6.39. The van der Waals surface area contributed by atoms with E-state index in [4.69, 9.17) is 5.11 Å². The van der Waals surface area contributed by atoms with Crippen LogP contribution in [0.3, 0.4) is 0 Å². The molecule has 0 aromatic heterocycles. The molecule has 0 radical (unpaired) electrons. The van der Waals surface area contributed by atoms with E-state index in [-0.39, 0.29) is 12.5 Å². The van der Waals surface area contributed by atoms with Gasteiger partial charge in [0.25, 0.3) is 5.91 Å². The molecule has 1 unspecified atom stereocenters. The Hall–Kier alpha value is -1.44. The first-order valence-electron chi connectivity index (χ1n) is 7.18. The highest BCUT2D eigenvalue weighted by molar-refractivity contribution is 7.99. The predicted octanol–water partition coefficient (Wildman–Crippen LogP) is 2.31. The number of nitrogens with zero attached hydrogens (tertiary/aromatic N) is 1. The molecule has 0 spiro atoms. The molecule has 1 saturated heterocycles. The van der Waals surface area contributed by atoms with Crippen LogP contribution in [0, 0.1) is 18.8 Å². The average molecular weight is 303 g/mol. The number of carbonyl (C=O) groups excluding carboxylic acids is 1. The third kappa shape index (κ3) is 4.03. The first-order chi connectivity index (χ1) is 10.1. The van der Waals surface area contributed by atoms with Gasteiger partial charge in [-0.25, -0.2) is 0 Å². The molecule has 4 heteroatoms. The first-order valence-corrected chi connectivity index (χ1v) is 8.34. The van der Waals surface area contributed by atoms with Crippen molar-refractivity contribution in [1.29, 1.82) is 0 Å². The van der Waals surface area contributed by atoms with E-state index >= 15 is 0 Å². The summed E-state index contributed by atoms with van der Waals surface area (Å²) in [5.41, 5.74) is 2.53. The van der Waals surface area contributed by atoms with Gasteiger partial charge in [0, 0.05) is 36.4 Å². The van der Waals surface area contributed by atoms with Crippen molar-refractivity contribution in [2.45, 2.75) is 25.8 Å². The number of benzene rings is 1. The molecule has 0 bridgehead atoms. The third-order valence-electron chi connectivity index (χ3n) is 3.71. The number of rotatable bonds is 3. The summed E-state index contributed by atoms with van der Waals surface area (Å²) in [6.45, 7) is 2.02. The molecule has 1 fully saturated rings. The standard InChI is InChI=1S/C17H21NO2S/c1-13-6-7-14(5-3-4-9-19)11-16(13)17(20)18(2)15-8-10-21-12-15/h6-7,11,15,19H,4,8-10,12H2,1-2H3. The number of carbonyl (C=O) groups is 1. The van der Waals surface area contributed by atoms with Crippen LogP contribution in [0.25, 0.3) is 0 Å². The van der Waals surface area contributed by atoms with Gasteiger partial charge >= 0.3 is 0 Å². The number of hydrogen-bond acceptors (Lipinski definition) is 3. The summed E-state index contributed by atoms with van der Waals surface area (Å²) >= 11 is 1.90. The molecular weight excluding hydrogens is 282 g/mol. The van der Waals surface area contributed by atoms with Crippen LogP contribution in [0.4, 0.5) is 0 Å². The molecule has 1 aromatic carbocycles. The van der Waals surface area contributed by atoms with Crippen LogP contribution in [-0.4, -0.2) is 47.1 Å². The fourth-order valence-electron chi connectivity index (χ4n) is 2.33. The van der Waals surface area contributed by atoms with Crippen molar-refractivity contribution < 1.29 is 9.90 Å². The summed E-state index contributed by atoms with van der Waals surface area (Å²) in [5.74, 6) is 8.12. The van der Waals surface area contributed by atoms with Crippen molar-refractivity contribution in [3.05, 3.63) is 34.9 Å². The number of aliphatic hydroxyl groups excluding tert-OH is 1. The maximum atomic E-state index is 12.7. The molecule has 1 aromatic rings. The molecule has 0 saturated carbocycles. The van der Waals surface area contributed by atoms with Crippen LogP contribution in [-0.2, 0) is 0 Å². The van der Waals surface area contributed by atoms with Crippen molar-refractivity contribution in [2.24, 2.45) is 0 Å². The third-order valence-corrected chi connectivity index (χ3v) is 4.86.